The molecular weight excluding hydrogens is 164 g/mol. The Morgan fingerprint density at radius 1 is 1.62 bits per heavy atom. The van der Waals surface area contributed by atoms with Crippen LogP contribution in [0.25, 0.3) is 0 Å². The van der Waals surface area contributed by atoms with Gasteiger partial charge in [-0.1, -0.05) is 19.9 Å². The molecule has 0 fully saturated rings. The van der Waals surface area contributed by atoms with Gasteiger partial charge in [0.05, 0.1) is 12.5 Å². The molecule has 1 amide bonds. The third-order valence-electron chi connectivity index (χ3n) is 1.68. The number of carbonyl (C=O) groups is 1. The minimum Gasteiger partial charge on any atom is -0.349 e. The first kappa shape index (κ1) is 11.7. The Morgan fingerprint density at radius 2 is 2.31 bits per heavy atom. The van der Waals surface area contributed by atoms with E-state index in [-0.39, 0.29) is 11.9 Å². The summed E-state index contributed by atoms with van der Waals surface area (Å²) in [7, 11) is 0. The van der Waals surface area contributed by atoms with Gasteiger partial charge in [-0.05, 0) is 18.9 Å². The number of carbonyl (C=O) groups excluding carboxylic acids is 1. The summed E-state index contributed by atoms with van der Waals surface area (Å²) in [6.07, 6.45) is 5.33. The SMILES string of the molecule is CC/C=C/C(=O)N[C@H](CC)CC#N. The molecule has 0 aromatic heterocycles. The van der Waals surface area contributed by atoms with E-state index in [9.17, 15) is 4.79 Å². The van der Waals surface area contributed by atoms with E-state index in [1.165, 1.54) is 6.08 Å². The second-order valence-electron chi connectivity index (χ2n) is 2.79. The molecule has 0 rings (SSSR count). The highest BCUT2D eigenvalue weighted by Gasteiger charge is 2.06. The first-order valence-corrected chi connectivity index (χ1v) is 4.58. The minimum absolute atomic E-state index is 0.0148. The van der Waals surface area contributed by atoms with E-state index < -0.39 is 0 Å². The van der Waals surface area contributed by atoms with Gasteiger partial charge in [-0.25, -0.2) is 0 Å². The number of hydrogen-bond donors (Lipinski definition) is 1. The fourth-order valence-corrected chi connectivity index (χ4v) is 0.882. The molecule has 72 valence electrons. The van der Waals surface area contributed by atoms with Crippen molar-refractivity contribution in [2.75, 3.05) is 0 Å². The second-order valence-corrected chi connectivity index (χ2v) is 2.79. The molecule has 0 aliphatic heterocycles. The highest BCUT2D eigenvalue weighted by molar-refractivity contribution is 5.87. The molecule has 0 aliphatic carbocycles. The lowest BCUT2D eigenvalue weighted by Gasteiger charge is -2.11. The quantitative estimate of drug-likeness (QED) is 0.655. The Hall–Kier alpha value is -1.30. The average Bonchev–Trinajstić information content (AvgIpc) is 2.14. The molecule has 3 nitrogen and oxygen atoms in total. The third kappa shape index (κ3) is 5.92. The molecule has 0 unspecified atom stereocenters. The Labute approximate surface area is 79.4 Å². The maximum Gasteiger partial charge on any atom is 0.243 e. The maximum atomic E-state index is 11.1. The van der Waals surface area contributed by atoms with E-state index >= 15 is 0 Å². The lowest BCUT2D eigenvalue weighted by atomic mass is 10.1. The van der Waals surface area contributed by atoms with Gasteiger partial charge in [0.25, 0.3) is 0 Å². The minimum atomic E-state index is -0.107. The Kier molecular flexibility index (Phi) is 6.62. The van der Waals surface area contributed by atoms with Crippen LogP contribution in [0.2, 0.25) is 0 Å². The zero-order valence-electron chi connectivity index (χ0n) is 8.21. The molecule has 0 saturated heterocycles. The van der Waals surface area contributed by atoms with Gasteiger partial charge in [0, 0.05) is 6.04 Å². The number of nitrogens with zero attached hydrogens (tertiary/aromatic N) is 1. The van der Waals surface area contributed by atoms with Crippen LogP contribution in [0, 0.1) is 11.3 Å². The third-order valence-corrected chi connectivity index (χ3v) is 1.68. The van der Waals surface area contributed by atoms with Gasteiger partial charge in [0.1, 0.15) is 0 Å². The second kappa shape index (κ2) is 7.35. The van der Waals surface area contributed by atoms with Crippen molar-refractivity contribution in [1.29, 1.82) is 5.26 Å². The van der Waals surface area contributed by atoms with E-state index in [1.807, 2.05) is 19.9 Å². The van der Waals surface area contributed by atoms with E-state index in [1.54, 1.807) is 6.08 Å². The van der Waals surface area contributed by atoms with E-state index in [0.29, 0.717) is 6.42 Å². The van der Waals surface area contributed by atoms with Crippen LogP contribution >= 0.6 is 0 Å². The molecule has 0 aromatic rings. The smallest absolute Gasteiger partial charge is 0.243 e. The predicted octanol–water partition coefficient (Wildman–Crippen LogP) is 1.76. The summed E-state index contributed by atoms with van der Waals surface area (Å²) in [6, 6.07) is 2.03. The van der Waals surface area contributed by atoms with E-state index in [2.05, 4.69) is 5.32 Å². The lowest BCUT2D eigenvalue weighted by molar-refractivity contribution is -0.117. The first-order chi connectivity index (χ1) is 6.24. The summed E-state index contributed by atoms with van der Waals surface area (Å²) in [6.45, 7) is 3.92. The summed E-state index contributed by atoms with van der Waals surface area (Å²) >= 11 is 0. The fourth-order valence-electron chi connectivity index (χ4n) is 0.882. The van der Waals surface area contributed by atoms with Crippen molar-refractivity contribution in [1.82, 2.24) is 5.32 Å². The van der Waals surface area contributed by atoms with Gasteiger partial charge in [-0.2, -0.15) is 5.26 Å². The van der Waals surface area contributed by atoms with Crippen LogP contribution in [-0.2, 0) is 4.79 Å². The van der Waals surface area contributed by atoms with E-state index in [0.717, 1.165) is 12.8 Å². The molecule has 0 saturated carbocycles. The van der Waals surface area contributed by atoms with Crippen LogP contribution in [0.3, 0.4) is 0 Å². The zero-order chi connectivity index (χ0) is 10.1. The van der Waals surface area contributed by atoms with Crippen molar-refractivity contribution in [2.45, 2.75) is 39.2 Å². The normalized spacial score (nSPS) is 12.4. The highest BCUT2D eigenvalue weighted by atomic mass is 16.1. The Morgan fingerprint density at radius 3 is 2.77 bits per heavy atom. The molecule has 1 atom stereocenters. The summed E-state index contributed by atoms with van der Waals surface area (Å²) < 4.78 is 0. The van der Waals surface area contributed by atoms with Crippen molar-refractivity contribution in [3.05, 3.63) is 12.2 Å². The van der Waals surface area contributed by atoms with Crippen molar-refractivity contribution in [3.8, 4) is 6.07 Å². The number of nitrogens with one attached hydrogen (secondary N) is 1. The molecule has 3 heteroatoms. The number of amides is 1. The Balaban J connectivity index is 3.88. The van der Waals surface area contributed by atoms with Gasteiger partial charge >= 0.3 is 0 Å². The monoisotopic (exact) mass is 180 g/mol. The Bertz CT molecular complexity index is 215. The van der Waals surface area contributed by atoms with Crippen molar-refractivity contribution >= 4 is 5.91 Å². The summed E-state index contributed by atoms with van der Waals surface area (Å²) in [5.74, 6) is -0.107. The topological polar surface area (TPSA) is 52.9 Å². The predicted molar refractivity (Wildman–Crippen MR) is 51.9 cm³/mol. The van der Waals surface area contributed by atoms with Gasteiger partial charge in [0.2, 0.25) is 5.91 Å². The van der Waals surface area contributed by atoms with Crippen LogP contribution in [0.1, 0.15) is 33.1 Å². The average molecular weight is 180 g/mol. The van der Waals surface area contributed by atoms with Gasteiger partial charge in [-0.15, -0.1) is 0 Å². The molecule has 0 aliphatic rings. The van der Waals surface area contributed by atoms with Gasteiger partial charge in [-0.3, -0.25) is 4.79 Å². The summed E-state index contributed by atoms with van der Waals surface area (Å²) in [5.41, 5.74) is 0. The molecule has 13 heavy (non-hydrogen) atoms. The number of nitriles is 1. The van der Waals surface area contributed by atoms with Crippen LogP contribution < -0.4 is 5.32 Å². The zero-order valence-corrected chi connectivity index (χ0v) is 8.21. The number of rotatable bonds is 5. The molecule has 0 bridgehead atoms. The fraction of sp³-hybridized carbons (Fsp3) is 0.600. The maximum absolute atomic E-state index is 11.1. The standard InChI is InChI=1S/C10H16N2O/c1-3-5-6-10(13)12-9(4-2)7-8-11/h5-6,9H,3-4,7H2,1-2H3,(H,12,13)/b6-5+/t9-/m1/s1. The van der Waals surface area contributed by atoms with Crippen molar-refractivity contribution < 1.29 is 4.79 Å². The summed E-state index contributed by atoms with van der Waals surface area (Å²) in [4.78, 5) is 11.1. The largest absolute Gasteiger partial charge is 0.349 e. The molecule has 0 heterocycles. The molecular formula is C10H16N2O. The molecule has 0 aromatic carbocycles. The highest BCUT2D eigenvalue weighted by Crippen LogP contribution is 1.95. The van der Waals surface area contributed by atoms with Crippen molar-refractivity contribution in [2.24, 2.45) is 0 Å². The van der Waals surface area contributed by atoms with E-state index in [4.69, 9.17) is 5.26 Å². The molecule has 1 N–H and O–H groups in total. The summed E-state index contributed by atoms with van der Waals surface area (Å²) in [5, 5.41) is 11.2. The van der Waals surface area contributed by atoms with Crippen LogP contribution in [0.4, 0.5) is 0 Å². The number of allylic oxidation sites excluding steroid dienone is 1. The van der Waals surface area contributed by atoms with Crippen molar-refractivity contribution in [3.63, 3.8) is 0 Å². The first-order valence-electron chi connectivity index (χ1n) is 4.58. The lowest BCUT2D eigenvalue weighted by Crippen LogP contribution is -2.32. The van der Waals surface area contributed by atoms with Crippen LogP contribution in [0.15, 0.2) is 12.2 Å². The molecule has 0 spiro atoms. The molecule has 0 radical (unpaired) electrons. The van der Waals surface area contributed by atoms with Crippen LogP contribution in [0.5, 0.6) is 0 Å². The number of hydrogen-bond acceptors (Lipinski definition) is 2. The van der Waals surface area contributed by atoms with Crippen LogP contribution in [-0.4, -0.2) is 11.9 Å². The van der Waals surface area contributed by atoms with Gasteiger partial charge < -0.3 is 5.32 Å². The van der Waals surface area contributed by atoms with Gasteiger partial charge in [0.15, 0.2) is 0 Å².